The number of hydrogen-bond donors (Lipinski definition) is 2. The standard InChI is InChI=1S/C32H47N3O3.BrH/c1-4-7-8-9-10-13-25-38-30-15-12-11-14-29(30)32(37)34-27-18-16-26(17-19-27)31(36)33-28-20-23-35(6-3,22-5-2)24-21-28;/h11-12,14-19,28H,4-10,13,20-25H2,1-3H3,(H-,33,34,36,37);1H. The maximum absolute atomic E-state index is 13.0. The number of carbonyl (C=O) groups excluding carboxylic acids is 2. The Hall–Kier alpha value is -2.38. The summed E-state index contributed by atoms with van der Waals surface area (Å²) < 4.78 is 7.11. The summed E-state index contributed by atoms with van der Waals surface area (Å²) in [5.41, 5.74) is 1.78. The quantitative estimate of drug-likeness (QED) is 0.241. The molecule has 216 valence electrons. The van der Waals surface area contributed by atoms with Gasteiger partial charge in [-0.2, -0.15) is 0 Å². The van der Waals surface area contributed by atoms with Crippen molar-refractivity contribution in [2.45, 2.75) is 84.6 Å². The van der Waals surface area contributed by atoms with Crippen molar-refractivity contribution in [1.29, 1.82) is 0 Å². The van der Waals surface area contributed by atoms with Crippen LogP contribution >= 0.6 is 0 Å². The van der Waals surface area contributed by atoms with Crippen molar-refractivity contribution >= 4 is 17.5 Å². The van der Waals surface area contributed by atoms with Crippen LogP contribution in [-0.2, 0) is 0 Å². The van der Waals surface area contributed by atoms with E-state index >= 15 is 0 Å². The first kappa shape index (κ1) is 32.8. The lowest BCUT2D eigenvalue weighted by molar-refractivity contribution is -0.931. The normalized spacial score (nSPS) is 18.6. The Bertz CT molecular complexity index is 1000. The second-order valence-electron chi connectivity index (χ2n) is 10.7. The van der Waals surface area contributed by atoms with Crippen LogP contribution in [0, 0.1) is 0 Å². The smallest absolute Gasteiger partial charge is 0.259 e. The molecule has 0 atom stereocenters. The summed E-state index contributed by atoms with van der Waals surface area (Å²) in [5.74, 6) is 0.340. The molecule has 7 heteroatoms. The van der Waals surface area contributed by atoms with Crippen molar-refractivity contribution in [2.75, 3.05) is 38.1 Å². The molecule has 1 fully saturated rings. The van der Waals surface area contributed by atoms with E-state index in [9.17, 15) is 9.59 Å². The van der Waals surface area contributed by atoms with Gasteiger partial charge in [-0.15, -0.1) is 0 Å². The third kappa shape index (κ3) is 10.3. The number of likely N-dealkylation sites (tertiary alicyclic amines) is 1. The fourth-order valence-corrected chi connectivity index (χ4v) is 5.45. The van der Waals surface area contributed by atoms with Gasteiger partial charge in [-0.05, 0) is 56.2 Å². The van der Waals surface area contributed by atoms with E-state index in [0.717, 1.165) is 45.3 Å². The van der Waals surface area contributed by atoms with E-state index in [-0.39, 0.29) is 34.8 Å². The molecule has 2 amide bonds. The highest BCUT2D eigenvalue weighted by molar-refractivity contribution is 6.06. The molecule has 1 aliphatic rings. The van der Waals surface area contributed by atoms with E-state index in [0.29, 0.717) is 29.2 Å². The largest absolute Gasteiger partial charge is 1.00 e. The van der Waals surface area contributed by atoms with Crippen molar-refractivity contribution in [3.8, 4) is 5.75 Å². The van der Waals surface area contributed by atoms with Crippen LogP contribution in [0.5, 0.6) is 5.75 Å². The number of nitrogens with zero attached hydrogens (tertiary/aromatic N) is 1. The number of nitrogens with one attached hydrogen (secondary N) is 2. The van der Waals surface area contributed by atoms with Gasteiger partial charge >= 0.3 is 0 Å². The van der Waals surface area contributed by atoms with Crippen LogP contribution in [0.1, 0.15) is 99.3 Å². The van der Waals surface area contributed by atoms with Crippen LogP contribution in [0.2, 0.25) is 0 Å². The maximum Gasteiger partial charge on any atom is 0.259 e. The molecule has 0 bridgehead atoms. The van der Waals surface area contributed by atoms with Crippen molar-refractivity contribution < 1.29 is 35.8 Å². The number of rotatable bonds is 15. The molecule has 39 heavy (non-hydrogen) atoms. The van der Waals surface area contributed by atoms with Crippen molar-refractivity contribution in [3.63, 3.8) is 0 Å². The van der Waals surface area contributed by atoms with E-state index in [1.54, 1.807) is 30.3 Å². The zero-order valence-electron chi connectivity index (χ0n) is 24.1. The number of benzene rings is 2. The fraction of sp³-hybridized carbons (Fsp3) is 0.562. The zero-order chi connectivity index (χ0) is 27.2. The Morgan fingerprint density at radius 2 is 1.51 bits per heavy atom. The topological polar surface area (TPSA) is 67.4 Å². The van der Waals surface area contributed by atoms with Crippen LogP contribution in [0.15, 0.2) is 48.5 Å². The van der Waals surface area contributed by atoms with Crippen molar-refractivity contribution in [1.82, 2.24) is 5.32 Å². The molecule has 6 nitrogen and oxygen atoms in total. The number of carbonyl (C=O) groups is 2. The van der Waals surface area contributed by atoms with Gasteiger partial charge in [0.2, 0.25) is 0 Å². The molecular formula is C32H48BrN3O3. The summed E-state index contributed by atoms with van der Waals surface area (Å²) in [4.78, 5) is 25.8. The summed E-state index contributed by atoms with van der Waals surface area (Å²) in [6.07, 6.45) is 10.4. The van der Waals surface area contributed by atoms with Gasteiger partial charge in [-0.25, -0.2) is 0 Å². The summed E-state index contributed by atoms with van der Waals surface area (Å²) in [6, 6.07) is 14.7. The molecule has 2 N–H and O–H groups in total. The Balaban J connectivity index is 0.00000533. The zero-order valence-corrected chi connectivity index (χ0v) is 25.7. The lowest BCUT2D eigenvalue weighted by Crippen LogP contribution is -3.00. The number of para-hydroxylation sites is 1. The number of amides is 2. The van der Waals surface area contributed by atoms with E-state index in [1.165, 1.54) is 43.1 Å². The van der Waals surface area contributed by atoms with Gasteiger partial charge in [0.15, 0.2) is 0 Å². The average Bonchev–Trinajstić information content (AvgIpc) is 2.94. The highest BCUT2D eigenvalue weighted by atomic mass is 79.9. The van der Waals surface area contributed by atoms with E-state index in [2.05, 4.69) is 31.4 Å². The Morgan fingerprint density at radius 3 is 2.18 bits per heavy atom. The molecule has 0 radical (unpaired) electrons. The number of hydrogen-bond acceptors (Lipinski definition) is 3. The van der Waals surface area contributed by atoms with Crippen LogP contribution in [-0.4, -0.2) is 55.1 Å². The first-order valence-corrected chi connectivity index (χ1v) is 14.8. The van der Waals surface area contributed by atoms with Gasteiger partial charge in [0.05, 0.1) is 38.3 Å². The molecule has 3 rings (SSSR count). The summed E-state index contributed by atoms with van der Waals surface area (Å²) >= 11 is 0. The van der Waals surface area contributed by atoms with Crippen LogP contribution in [0.4, 0.5) is 5.69 Å². The summed E-state index contributed by atoms with van der Waals surface area (Å²) in [6.45, 7) is 12.0. The second-order valence-corrected chi connectivity index (χ2v) is 10.7. The van der Waals surface area contributed by atoms with Crippen molar-refractivity contribution in [3.05, 3.63) is 59.7 Å². The van der Waals surface area contributed by atoms with Gasteiger partial charge in [0.1, 0.15) is 5.75 Å². The molecule has 1 heterocycles. The molecule has 2 aromatic carbocycles. The van der Waals surface area contributed by atoms with Crippen LogP contribution in [0.3, 0.4) is 0 Å². The van der Waals surface area contributed by atoms with E-state index in [1.807, 2.05) is 18.2 Å². The van der Waals surface area contributed by atoms with Gasteiger partial charge in [-0.1, -0.05) is 58.1 Å². The number of quaternary nitrogens is 1. The Morgan fingerprint density at radius 1 is 0.846 bits per heavy atom. The minimum absolute atomic E-state index is 0. The Labute approximate surface area is 246 Å². The minimum atomic E-state index is -0.215. The molecule has 0 saturated carbocycles. The van der Waals surface area contributed by atoms with Crippen LogP contribution < -0.4 is 32.4 Å². The fourth-order valence-electron chi connectivity index (χ4n) is 5.45. The van der Waals surface area contributed by atoms with Gasteiger partial charge in [0.25, 0.3) is 11.8 Å². The van der Waals surface area contributed by atoms with Crippen molar-refractivity contribution in [2.24, 2.45) is 0 Å². The van der Waals surface area contributed by atoms with E-state index in [4.69, 9.17) is 4.74 Å². The monoisotopic (exact) mass is 601 g/mol. The van der Waals surface area contributed by atoms with Gasteiger partial charge in [0, 0.05) is 30.1 Å². The van der Waals surface area contributed by atoms with Gasteiger partial charge < -0.3 is 36.8 Å². The number of unbranched alkanes of at least 4 members (excludes halogenated alkanes) is 5. The van der Waals surface area contributed by atoms with Gasteiger partial charge in [-0.3, -0.25) is 9.59 Å². The van der Waals surface area contributed by atoms with Crippen LogP contribution in [0.25, 0.3) is 0 Å². The molecule has 0 unspecified atom stereocenters. The number of halogens is 1. The second kappa shape index (κ2) is 17.3. The maximum atomic E-state index is 13.0. The molecule has 0 spiro atoms. The minimum Gasteiger partial charge on any atom is -1.00 e. The first-order chi connectivity index (χ1) is 18.5. The molecular weight excluding hydrogens is 554 g/mol. The Kier molecular flexibility index (Phi) is 14.6. The number of ether oxygens (including phenoxy) is 1. The predicted molar refractivity (Wildman–Crippen MR) is 156 cm³/mol. The summed E-state index contributed by atoms with van der Waals surface area (Å²) in [7, 11) is 0. The predicted octanol–water partition coefficient (Wildman–Crippen LogP) is 3.82. The molecule has 1 aliphatic heterocycles. The lowest BCUT2D eigenvalue weighted by atomic mass is 10.0. The lowest BCUT2D eigenvalue weighted by Gasteiger charge is -2.43. The average molecular weight is 603 g/mol. The number of piperidine rings is 1. The molecule has 0 aromatic heterocycles. The highest BCUT2D eigenvalue weighted by Crippen LogP contribution is 2.22. The van der Waals surface area contributed by atoms with E-state index < -0.39 is 0 Å². The first-order valence-electron chi connectivity index (χ1n) is 14.8. The highest BCUT2D eigenvalue weighted by Gasteiger charge is 2.32. The summed E-state index contributed by atoms with van der Waals surface area (Å²) in [5, 5.41) is 6.16. The molecule has 2 aromatic rings. The number of anilines is 1. The third-order valence-corrected chi connectivity index (χ3v) is 7.90. The molecule has 1 saturated heterocycles. The SMILES string of the molecule is CCCCCCCCOc1ccccc1C(=O)Nc1ccc(C(=O)NC2CC[N+](CC)(CCC)CC2)cc1.[Br-]. The molecule has 0 aliphatic carbocycles. The third-order valence-electron chi connectivity index (χ3n) is 7.90.